The third kappa shape index (κ3) is 2.35. The molecule has 0 spiro atoms. The smallest absolute Gasteiger partial charge is 0.139 e. The van der Waals surface area contributed by atoms with Gasteiger partial charge in [-0.15, -0.1) is 0 Å². The summed E-state index contributed by atoms with van der Waals surface area (Å²) in [4.78, 5) is 10.7. The fourth-order valence-electron chi connectivity index (χ4n) is 1.94. The van der Waals surface area contributed by atoms with Crippen LogP contribution in [0.15, 0.2) is 30.6 Å². The minimum atomic E-state index is 0.965. The number of rotatable bonds is 3. The van der Waals surface area contributed by atoms with Gasteiger partial charge in [0.1, 0.15) is 12.1 Å². The van der Waals surface area contributed by atoms with Crippen LogP contribution in [-0.4, -0.2) is 17.0 Å². The first kappa shape index (κ1) is 12.6. The van der Waals surface area contributed by atoms with Crippen LogP contribution in [0.4, 0.5) is 11.5 Å². The predicted molar refractivity (Wildman–Crippen MR) is 75.4 cm³/mol. The molecule has 0 aliphatic rings. The minimum Gasteiger partial charge on any atom is -0.329 e. The number of aromatic nitrogens is 2. The molecule has 0 aliphatic carbocycles. The molecule has 1 heterocycles. The van der Waals surface area contributed by atoms with E-state index in [0.29, 0.717) is 0 Å². The van der Waals surface area contributed by atoms with E-state index < -0.39 is 0 Å². The van der Waals surface area contributed by atoms with Crippen LogP contribution in [0.1, 0.15) is 23.7 Å². The maximum absolute atomic E-state index is 4.37. The van der Waals surface area contributed by atoms with Gasteiger partial charge in [-0.05, 0) is 38.0 Å². The summed E-state index contributed by atoms with van der Waals surface area (Å²) >= 11 is 0. The fourth-order valence-corrected chi connectivity index (χ4v) is 1.94. The number of hydrogen-bond acceptors (Lipinski definition) is 3. The van der Waals surface area contributed by atoms with Crippen molar-refractivity contribution in [1.82, 2.24) is 9.97 Å². The lowest BCUT2D eigenvalue weighted by Crippen LogP contribution is -2.13. The van der Waals surface area contributed by atoms with Crippen molar-refractivity contribution in [2.75, 3.05) is 11.9 Å². The fraction of sp³-hybridized carbons (Fsp3) is 0.333. The number of nitrogens with zero attached hydrogens (tertiary/aromatic N) is 3. The zero-order valence-electron chi connectivity index (χ0n) is 11.4. The Morgan fingerprint density at radius 3 is 2.33 bits per heavy atom. The number of benzene rings is 1. The molecular weight excluding hydrogens is 222 g/mol. The van der Waals surface area contributed by atoms with E-state index in [1.165, 1.54) is 5.56 Å². The molecule has 1 aromatic carbocycles. The number of hydrogen-bond donors (Lipinski definition) is 0. The van der Waals surface area contributed by atoms with Crippen LogP contribution >= 0.6 is 0 Å². The molecule has 2 rings (SSSR count). The van der Waals surface area contributed by atoms with E-state index in [4.69, 9.17) is 0 Å². The molecule has 0 aliphatic heterocycles. The summed E-state index contributed by atoms with van der Waals surface area (Å²) < 4.78 is 0. The average Bonchev–Trinajstić information content (AvgIpc) is 2.41. The molecule has 0 radical (unpaired) electrons. The molecule has 3 heteroatoms. The van der Waals surface area contributed by atoms with Crippen LogP contribution in [-0.2, 0) is 6.42 Å². The van der Waals surface area contributed by atoms with Gasteiger partial charge in [-0.1, -0.05) is 19.1 Å². The standard InChI is InChI=1S/C15H19N3/c1-5-13-6-8-14(9-7-13)18(4)15-11(2)12(3)16-10-17-15/h6-10H,5H2,1-4H3. The van der Waals surface area contributed by atoms with Crippen molar-refractivity contribution in [3.8, 4) is 0 Å². The normalized spacial score (nSPS) is 10.4. The molecule has 1 aromatic heterocycles. The maximum atomic E-state index is 4.37. The molecule has 0 saturated carbocycles. The van der Waals surface area contributed by atoms with Crippen LogP contribution < -0.4 is 4.90 Å². The van der Waals surface area contributed by atoms with Crippen LogP contribution in [0.2, 0.25) is 0 Å². The lowest BCUT2D eigenvalue weighted by atomic mass is 10.1. The van der Waals surface area contributed by atoms with Gasteiger partial charge in [-0.2, -0.15) is 0 Å². The Labute approximate surface area is 109 Å². The second kappa shape index (κ2) is 5.17. The minimum absolute atomic E-state index is 0.965. The largest absolute Gasteiger partial charge is 0.329 e. The summed E-state index contributed by atoms with van der Waals surface area (Å²) in [6.07, 6.45) is 2.68. The molecule has 0 fully saturated rings. The second-order valence-corrected chi connectivity index (χ2v) is 4.49. The van der Waals surface area contributed by atoms with Gasteiger partial charge in [0.05, 0.1) is 0 Å². The summed E-state index contributed by atoms with van der Waals surface area (Å²) in [6.45, 7) is 6.23. The van der Waals surface area contributed by atoms with Crippen molar-refractivity contribution in [2.24, 2.45) is 0 Å². The van der Waals surface area contributed by atoms with Crippen LogP contribution in [0, 0.1) is 13.8 Å². The molecular formula is C15H19N3. The highest BCUT2D eigenvalue weighted by molar-refractivity contribution is 5.62. The molecule has 0 N–H and O–H groups in total. The highest BCUT2D eigenvalue weighted by atomic mass is 15.2. The van der Waals surface area contributed by atoms with Crippen LogP contribution in [0.25, 0.3) is 0 Å². The molecule has 3 nitrogen and oxygen atoms in total. The van der Waals surface area contributed by atoms with Crippen molar-refractivity contribution in [2.45, 2.75) is 27.2 Å². The Balaban J connectivity index is 2.35. The summed E-state index contributed by atoms with van der Waals surface area (Å²) in [6, 6.07) is 8.59. The van der Waals surface area contributed by atoms with Gasteiger partial charge in [0.2, 0.25) is 0 Å². The van der Waals surface area contributed by atoms with Crippen molar-refractivity contribution < 1.29 is 0 Å². The van der Waals surface area contributed by atoms with E-state index in [2.05, 4.69) is 53.0 Å². The highest BCUT2D eigenvalue weighted by Crippen LogP contribution is 2.25. The predicted octanol–water partition coefficient (Wildman–Crippen LogP) is 3.42. The van der Waals surface area contributed by atoms with Gasteiger partial charge in [0, 0.05) is 24.0 Å². The Morgan fingerprint density at radius 1 is 1.06 bits per heavy atom. The van der Waals surface area contributed by atoms with E-state index in [1.807, 2.05) is 14.0 Å². The number of aryl methyl sites for hydroxylation is 2. The van der Waals surface area contributed by atoms with Gasteiger partial charge in [0.15, 0.2) is 0 Å². The van der Waals surface area contributed by atoms with E-state index in [-0.39, 0.29) is 0 Å². The molecule has 0 saturated heterocycles. The van der Waals surface area contributed by atoms with Crippen LogP contribution in [0.5, 0.6) is 0 Å². The summed E-state index contributed by atoms with van der Waals surface area (Å²) in [7, 11) is 2.04. The molecule has 0 atom stereocenters. The van der Waals surface area contributed by atoms with Gasteiger partial charge in [-0.25, -0.2) is 9.97 Å². The lowest BCUT2D eigenvalue weighted by molar-refractivity contribution is 1.01. The quantitative estimate of drug-likeness (QED) is 0.824. The van der Waals surface area contributed by atoms with Crippen molar-refractivity contribution in [3.05, 3.63) is 47.4 Å². The van der Waals surface area contributed by atoms with Gasteiger partial charge in [0.25, 0.3) is 0 Å². The van der Waals surface area contributed by atoms with Gasteiger partial charge in [-0.3, -0.25) is 0 Å². The Bertz CT molecular complexity index is 532. The van der Waals surface area contributed by atoms with Gasteiger partial charge < -0.3 is 4.90 Å². The third-order valence-corrected chi connectivity index (χ3v) is 3.36. The molecule has 2 aromatic rings. The number of anilines is 2. The molecule has 0 amide bonds. The Kier molecular flexibility index (Phi) is 3.60. The first-order valence-corrected chi connectivity index (χ1v) is 6.24. The zero-order valence-corrected chi connectivity index (χ0v) is 11.4. The third-order valence-electron chi connectivity index (χ3n) is 3.36. The summed E-state index contributed by atoms with van der Waals surface area (Å²) in [5.41, 5.74) is 4.65. The summed E-state index contributed by atoms with van der Waals surface area (Å²) in [5, 5.41) is 0. The molecule has 18 heavy (non-hydrogen) atoms. The van der Waals surface area contributed by atoms with Crippen molar-refractivity contribution in [3.63, 3.8) is 0 Å². The first-order chi connectivity index (χ1) is 8.63. The lowest BCUT2D eigenvalue weighted by Gasteiger charge is -2.20. The first-order valence-electron chi connectivity index (χ1n) is 6.24. The Morgan fingerprint density at radius 2 is 1.72 bits per heavy atom. The van der Waals surface area contributed by atoms with Crippen molar-refractivity contribution >= 4 is 11.5 Å². The van der Waals surface area contributed by atoms with Crippen molar-refractivity contribution in [1.29, 1.82) is 0 Å². The van der Waals surface area contributed by atoms with Crippen LogP contribution in [0.3, 0.4) is 0 Å². The Hall–Kier alpha value is -1.90. The monoisotopic (exact) mass is 241 g/mol. The van der Waals surface area contributed by atoms with E-state index >= 15 is 0 Å². The maximum Gasteiger partial charge on any atom is 0.139 e. The molecule has 0 unspecified atom stereocenters. The summed E-state index contributed by atoms with van der Waals surface area (Å²) in [5.74, 6) is 0.965. The molecule has 0 bridgehead atoms. The van der Waals surface area contributed by atoms with E-state index in [9.17, 15) is 0 Å². The SMILES string of the molecule is CCc1ccc(N(C)c2ncnc(C)c2C)cc1. The van der Waals surface area contributed by atoms with E-state index in [0.717, 1.165) is 29.2 Å². The van der Waals surface area contributed by atoms with E-state index in [1.54, 1.807) is 6.33 Å². The van der Waals surface area contributed by atoms with Gasteiger partial charge >= 0.3 is 0 Å². The molecule has 94 valence electrons. The topological polar surface area (TPSA) is 29.0 Å². The highest BCUT2D eigenvalue weighted by Gasteiger charge is 2.10. The second-order valence-electron chi connectivity index (χ2n) is 4.49. The average molecular weight is 241 g/mol. The zero-order chi connectivity index (χ0) is 13.1.